The van der Waals surface area contributed by atoms with Crippen molar-refractivity contribution in [1.82, 2.24) is 0 Å². The fourth-order valence-corrected chi connectivity index (χ4v) is 1.90. The molecule has 0 unspecified atom stereocenters. The summed E-state index contributed by atoms with van der Waals surface area (Å²) in [5, 5.41) is 0.696. The van der Waals surface area contributed by atoms with Gasteiger partial charge in [-0.25, -0.2) is 0 Å². The van der Waals surface area contributed by atoms with Gasteiger partial charge in [-0.1, -0.05) is 45.7 Å². The molecule has 0 saturated heterocycles. The van der Waals surface area contributed by atoms with E-state index < -0.39 is 0 Å². The minimum atomic E-state index is 0.550. The molecule has 0 aliphatic carbocycles. The zero-order valence-electron chi connectivity index (χ0n) is 9.41. The van der Waals surface area contributed by atoms with Gasteiger partial charge in [0.1, 0.15) is 12.4 Å². The average Bonchev–Trinajstić information content (AvgIpc) is 2.32. The molecule has 0 aliphatic heterocycles. The quantitative estimate of drug-likeness (QED) is 0.776. The Bertz CT molecular complexity index is 508. The van der Waals surface area contributed by atoms with Crippen LogP contribution < -0.4 is 4.74 Å². The summed E-state index contributed by atoms with van der Waals surface area (Å²) < 4.78 is 6.81. The Hall–Kier alpha value is -0.990. The van der Waals surface area contributed by atoms with E-state index in [2.05, 4.69) is 15.9 Å². The molecule has 0 atom stereocenters. The van der Waals surface area contributed by atoms with Gasteiger partial charge in [-0.2, -0.15) is 0 Å². The van der Waals surface area contributed by atoms with Crippen LogP contribution in [0.2, 0.25) is 5.02 Å². The lowest BCUT2D eigenvalue weighted by Crippen LogP contribution is -1.96. The second-order valence-corrected chi connectivity index (χ2v) is 5.18. The van der Waals surface area contributed by atoms with Crippen LogP contribution in [-0.4, -0.2) is 0 Å². The molecule has 0 spiro atoms. The zero-order valence-corrected chi connectivity index (χ0v) is 11.8. The van der Waals surface area contributed by atoms with Gasteiger partial charge in [0.25, 0.3) is 0 Å². The molecule has 1 nitrogen and oxygen atoms in total. The van der Waals surface area contributed by atoms with E-state index in [1.807, 2.05) is 49.4 Å². The van der Waals surface area contributed by atoms with E-state index in [9.17, 15) is 0 Å². The van der Waals surface area contributed by atoms with Crippen molar-refractivity contribution in [2.45, 2.75) is 13.5 Å². The highest BCUT2D eigenvalue weighted by atomic mass is 79.9. The molecule has 0 N–H and O–H groups in total. The topological polar surface area (TPSA) is 9.23 Å². The van der Waals surface area contributed by atoms with E-state index in [-0.39, 0.29) is 0 Å². The Morgan fingerprint density at radius 1 is 1.12 bits per heavy atom. The SMILES string of the molecule is Cc1ccc(Cl)cc1OCc1ccc(Br)cc1. The standard InChI is InChI=1S/C14H12BrClO/c1-10-2-7-13(16)8-14(10)17-9-11-3-5-12(15)6-4-11/h2-8H,9H2,1H3. The fourth-order valence-electron chi connectivity index (χ4n) is 1.47. The second kappa shape index (κ2) is 5.56. The number of benzene rings is 2. The van der Waals surface area contributed by atoms with Crippen molar-refractivity contribution >= 4 is 27.5 Å². The lowest BCUT2D eigenvalue weighted by Gasteiger charge is -2.09. The summed E-state index contributed by atoms with van der Waals surface area (Å²) in [5.74, 6) is 0.834. The predicted octanol–water partition coefficient (Wildman–Crippen LogP) is 4.99. The summed E-state index contributed by atoms with van der Waals surface area (Å²) in [6.07, 6.45) is 0. The highest BCUT2D eigenvalue weighted by Gasteiger charge is 2.01. The minimum absolute atomic E-state index is 0.550. The van der Waals surface area contributed by atoms with E-state index in [4.69, 9.17) is 16.3 Å². The predicted molar refractivity (Wildman–Crippen MR) is 74.7 cm³/mol. The van der Waals surface area contributed by atoms with Gasteiger partial charge in [0.05, 0.1) is 0 Å². The van der Waals surface area contributed by atoms with Crippen molar-refractivity contribution in [3.63, 3.8) is 0 Å². The van der Waals surface area contributed by atoms with Crippen molar-refractivity contribution in [1.29, 1.82) is 0 Å². The molecule has 2 aromatic rings. The maximum absolute atomic E-state index is 5.93. The summed E-state index contributed by atoms with van der Waals surface area (Å²) in [7, 11) is 0. The molecule has 2 rings (SSSR count). The molecule has 88 valence electrons. The average molecular weight is 312 g/mol. The van der Waals surface area contributed by atoms with Crippen LogP contribution in [-0.2, 0) is 6.61 Å². The summed E-state index contributed by atoms with van der Waals surface area (Å²) in [5.41, 5.74) is 2.22. The van der Waals surface area contributed by atoms with E-state index in [0.29, 0.717) is 11.6 Å². The molecule has 0 fully saturated rings. The third-order valence-corrected chi connectivity index (χ3v) is 3.22. The first-order valence-electron chi connectivity index (χ1n) is 5.28. The zero-order chi connectivity index (χ0) is 12.3. The number of aryl methyl sites for hydroxylation is 1. The van der Waals surface area contributed by atoms with Crippen LogP contribution in [0.1, 0.15) is 11.1 Å². The Morgan fingerprint density at radius 2 is 1.82 bits per heavy atom. The smallest absolute Gasteiger partial charge is 0.124 e. The number of hydrogen-bond acceptors (Lipinski definition) is 1. The van der Waals surface area contributed by atoms with Gasteiger partial charge < -0.3 is 4.74 Å². The lowest BCUT2D eigenvalue weighted by molar-refractivity contribution is 0.304. The van der Waals surface area contributed by atoms with Crippen LogP contribution in [0, 0.1) is 6.92 Å². The van der Waals surface area contributed by atoms with Crippen LogP contribution in [0.5, 0.6) is 5.75 Å². The van der Waals surface area contributed by atoms with E-state index in [1.54, 1.807) is 0 Å². The summed E-state index contributed by atoms with van der Waals surface area (Å²) in [6, 6.07) is 13.7. The number of ether oxygens (including phenoxy) is 1. The number of rotatable bonds is 3. The molecular formula is C14H12BrClO. The molecule has 0 aliphatic rings. The van der Waals surface area contributed by atoms with Crippen LogP contribution in [0.25, 0.3) is 0 Å². The maximum Gasteiger partial charge on any atom is 0.124 e. The largest absolute Gasteiger partial charge is 0.489 e. The number of halogens is 2. The Kier molecular flexibility index (Phi) is 4.08. The summed E-state index contributed by atoms with van der Waals surface area (Å²) in [4.78, 5) is 0. The third kappa shape index (κ3) is 3.48. The van der Waals surface area contributed by atoms with Gasteiger partial charge in [0, 0.05) is 9.50 Å². The maximum atomic E-state index is 5.93. The van der Waals surface area contributed by atoms with Crippen LogP contribution >= 0.6 is 27.5 Å². The van der Waals surface area contributed by atoms with Crippen molar-refractivity contribution in [2.24, 2.45) is 0 Å². The summed E-state index contributed by atoms with van der Waals surface area (Å²) in [6.45, 7) is 2.56. The normalized spacial score (nSPS) is 10.3. The van der Waals surface area contributed by atoms with Gasteiger partial charge in [0.15, 0.2) is 0 Å². The van der Waals surface area contributed by atoms with Gasteiger partial charge >= 0.3 is 0 Å². The molecule has 2 aromatic carbocycles. The van der Waals surface area contributed by atoms with Crippen LogP contribution in [0.15, 0.2) is 46.9 Å². The van der Waals surface area contributed by atoms with Gasteiger partial charge in [-0.3, -0.25) is 0 Å². The molecule has 0 bridgehead atoms. The first-order chi connectivity index (χ1) is 8.15. The van der Waals surface area contributed by atoms with Gasteiger partial charge in [-0.15, -0.1) is 0 Å². The minimum Gasteiger partial charge on any atom is -0.489 e. The molecular weight excluding hydrogens is 300 g/mol. The molecule has 0 saturated carbocycles. The monoisotopic (exact) mass is 310 g/mol. The summed E-state index contributed by atoms with van der Waals surface area (Å²) >= 11 is 9.34. The van der Waals surface area contributed by atoms with E-state index >= 15 is 0 Å². The third-order valence-electron chi connectivity index (χ3n) is 2.46. The fraction of sp³-hybridized carbons (Fsp3) is 0.143. The van der Waals surface area contributed by atoms with Crippen molar-refractivity contribution < 1.29 is 4.74 Å². The number of hydrogen-bond donors (Lipinski definition) is 0. The van der Waals surface area contributed by atoms with Crippen molar-refractivity contribution in [3.8, 4) is 5.75 Å². The molecule has 3 heteroatoms. The molecule has 0 heterocycles. The highest BCUT2D eigenvalue weighted by Crippen LogP contribution is 2.23. The molecule has 0 radical (unpaired) electrons. The second-order valence-electron chi connectivity index (χ2n) is 3.82. The highest BCUT2D eigenvalue weighted by molar-refractivity contribution is 9.10. The molecule has 17 heavy (non-hydrogen) atoms. The Balaban J connectivity index is 2.07. The first kappa shape index (κ1) is 12.5. The Morgan fingerprint density at radius 3 is 2.53 bits per heavy atom. The Labute approximate surface area is 115 Å². The van der Waals surface area contributed by atoms with E-state index in [1.165, 1.54) is 0 Å². The van der Waals surface area contributed by atoms with Crippen LogP contribution in [0.4, 0.5) is 0 Å². The first-order valence-corrected chi connectivity index (χ1v) is 6.45. The lowest BCUT2D eigenvalue weighted by atomic mass is 10.2. The van der Waals surface area contributed by atoms with Gasteiger partial charge in [-0.05, 0) is 42.3 Å². The van der Waals surface area contributed by atoms with E-state index in [0.717, 1.165) is 21.3 Å². The van der Waals surface area contributed by atoms with Crippen molar-refractivity contribution in [2.75, 3.05) is 0 Å². The van der Waals surface area contributed by atoms with Gasteiger partial charge in [0.2, 0.25) is 0 Å². The van der Waals surface area contributed by atoms with Crippen LogP contribution in [0.3, 0.4) is 0 Å². The molecule has 0 aromatic heterocycles. The van der Waals surface area contributed by atoms with Crippen molar-refractivity contribution in [3.05, 3.63) is 63.1 Å². The molecule has 0 amide bonds.